The molecular formula is C34H58N4O11S2. The van der Waals surface area contributed by atoms with Crippen molar-refractivity contribution in [3.63, 3.8) is 0 Å². The van der Waals surface area contributed by atoms with Crippen molar-refractivity contribution >= 4 is 50.5 Å². The summed E-state index contributed by atoms with van der Waals surface area (Å²) in [5.41, 5.74) is -0.885. The van der Waals surface area contributed by atoms with Crippen LogP contribution in [0.1, 0.15) is 104 Å². The van der Waals surface area contributed by atoms with Crippen molar-refractivity contribution < 1.29 is 50.3 Å². The molecule has 15 nitrogen and oxygen atoms in total. The monoisotopic (exact) mass is 762 g/mol. The number of fused-ring (bicyclic) bond motifs is 1. The lowest BCUT2D eigenvalue weighted by Crippen LogP contribution is -2.51. The molecule has 0 saturated heterocycles. The van der Waals surface area contributed by atoms with Crippen LogP contribution in [0.4, 0.5) is 9.59 Å². The summed E-state index contributed by atoms with van der Waals surface area (Å²) in [6.07, 6.45) is -1.43. The molecule has 2 rings (SSSR count). The Bertz CT molecular complexity index is 1550. The minimum Gasteiger partial charge on any atom is -0.444 e. The van der Waals surface area contributed by atoms with Gasteiger partial charge in [-0.2, -0.15) is 0 Å². The van der Waals surface area contributed by atoms with Gasteiger partial charge in [0, 0.05) is 6.54 Å². The summed E-state index contributed by atoms with van der Waals surface area (Å²) < 4.78 is 58.2. The number of benzene rings is 1. The van der Waals surface area contributed by atoms with Crippen molar-refractivity contribution in [3.8, 4) is 0 Å². The zero-order valence-electron chi connectivity index (χ0n) is 32.3. The van der Waals surface area contributed by atoms with Gasteiger partial charge in [0.25, 0.3) is 11.8 Å². The fourth-order valence-electron chi connectivity index (χ4n) is 4.14. The highest BCUT2D eigenvalue weighted by Crippen LogP contribution is 2.24. The molecule has 0 saturated carbocycles. The van der Waals surface area contributed by atoms with E-state index in [-0.39, 0.29) is 23.4 Å². The molecule has 4 amide bonds. The zero-order chi connectivity index (χ0) is 40.4. The summed E-state index contributed by atoms with van der Waals surface area (Å²) in [6.45, 7) is 22.0. The van der Waals surface area contributed by atoms with Crippen LogP contribution in [0.3, 0.4) is 0 Å². The summed E-state index contributed by atoms with van der Waals surface area (Å²) in [6, 6.07) is 4.83. The first-order valence-electron chi connectivity index (χ1n) is 16.2. The van der Waals surface area contributed by atoms with E-state index >= 15 is 0 Å². The first-order chi connectivity index (χ1) is 22.9. The molecule has 3 N–H and O–H groups in total. The smallest absolute Gasteiger partial charge is 0.407 e. The maximum atomic E-state index is 12.7. The molecule has 17 heteroatoms. The molecule has 0 bridgehead atoms. The van der Waals surface area contributed by atoms with Crippen molar-refractivity contribution in [1.82, 2.24) is 20.9 Å². The van der Waals surface area contributed by atoms with Gasteiger partial charge in [0.1, 0.15) is 18.0 Å². The first kappa shape index (κ1) is 47.4. The van der Waals surface area contributed by atoms with E-state index in [1.807, 2.05) is 6.79 Å². The molecule has 0 aliphatic carbocycles. The minimum atomic E-state index is -3.65. The fraction of sp³-hybridized carbons (Fsp3) is 0.676. The first-order valence-corrected chi connectivity index (χ1v) is 19.5. The van der Waals surface area contributed by atoms with Gasteiger partial charge in [-0.3, -0.25) is 14.5 Å². The van der Waals surface area contributed by atoms with E-state index in [1.165, 1.54) is 12.1 Å². The van der Waals surface area contributed by atoms with E-state index in [0.717, 1.165) is 4.90 Å². The molecule has 0 aromatic heterocycles. The Balaban J connectivity index is 0.000000998. The van der Waals surface area contributed by atoms with Gasteiger partial charge in [-0.05, 0) is 102 Å². The Morgan fingerprint density at radius 2 is 1.02 bits per heavy atom. The number of likely N-dealkylation sites (N-methyl/N-ethyl adjacent to an activating group) is 1. The topological polar surface area (TPSA) is 211 Å². The number of carbonyl (C=O) groups excluding carboxylic acids is 5. The summed E-state index contributed by atoms with van der Waals surface area (Å²) in [4.78, 5) is 58.2. The molecule has 0 unspecified atom stereocenters. The van der Waals surface area contributed by atoms with Crippen LogP contribution in [0, 0.1) is 0 Å². The molecule has 2 atom stereocenters. The van der Waals surface area contributed by atoms with Crippen molar-refractivity contribution in [3.05, 3.63) is 35.4 Å². The summed E-state index contributed by atoms with van der Waals surface area (Å²) in [5.74, 6) is -1.61. The number of nitrogens with zero attached hydrogens (tertiary/aromatic N) is 1. The quantitative estimate of drug-likeness (QED) is 0.293. The van der Waals surface area contributed by atoms with Gasteiger partial charge < -0.3 is 30.2 Å². The molecule has 51 heavy (non-hydrogen) atoms. The Morgan fingerprint density at radius 1 is 0.686 bits per heavy atom. The van der Waals surface area contributed by atoms with Gasteiger partial charge in [-0.15, -0.1) is 0 Å². The Kier molecular flexibility index (Phi) is 17.0. The van der Waals surface area contributed by atoms with Crippen molar-refractivity contribution in [2.45, 2.75) is 116 Å². The number of imide groups is 1. The van der Waals surface area contributed by atoms with E-state index < -0.39 is 82.2 Å². The van der Waals surface area contributed by atoms with Gasteiger partial charge >= 0.3 is 12.2 Å². The number of hydrogen-bond donors (Lipinski definition) is 3. The Morgan fingerprint density at radius 3 is 1.33 bits per heavy atom. The minimum absolute atomic E-state index is 0.128. The van der Waals surface area contributed by atoms with Gasteiger partial charge in [0.05, 0.1) is 50.8 Å². The number of amides is 4. The number of alkyl carbamates (subject to hydrolysis) is 2. The Labute approximate surface area is 303 Å². The van der Waals surface area contributed by atoms with E-state index in [0.29, 0.717) is 6.54 Å². The normalized spacial score (nSPS) is 14.9. The molecule has 1 aromatic carbocycles. The van der Waals surface area contributed by atoms with Crippen LogP contribution in [-0.4, -0.2) is 117 Å². The van der Waals surface area contributed by atoms with Crippen molar-refractivity contribution in [1.29, 1.82) is 0 Å². The van der Waals surface area contributed by atoms with E-state index in [9.17, 15) is 36.0 Å². The number of rotatable bonds is 10. The molecular weight excluding hydrogens is 705 g/mol. The van der Waals surface area contributed by atoms with E-state index in [1.54, 1.807) is 102 Å². The molecule has 292 valence electrons. The highest BCUT2D eigenvalue weighted by atomic mass is 32.2. The second-order valence-electron chi connectivity index (χ2n) is 15.8. The predicted molar refractivity (Wildman–Crippen MR) is 196 cm³/mol. The highest BCUT2D eigenvalue weighted by Gasteiger charge is 2.40. The number of carbonyl (C=O) groups is 5. The van der Waals surface area contributed by atoms with Crippen molar-refractivity contribution in [2.24, 2.45) is 0 Å². The maximum absolute atomic E-state index is 12.7. The third kappa shape index (κ3) is 15.7. The van der Waals surface area contributed by atoms with Gasteiger partial charge in [0.15, 0.2) is 19.7 Å². The van der Waals surface area contributed by atoms with Crippen LogP contribution < -0.4 is 16.0 Å². The zero-order valence-corrected chi connectivity index (χ0v) is 33.9. The van der Waals surface area contributed by atoms with Crippen LogP contribution in [0.5, 0.6) is 0 Å². The van der Waals surface area contributed by atoms with Crippen LogP contribution in [0.15, 0.2) is 24.3 Å². The number of sulfone groups is 2. The van der Waals surface area contributed by atoms with Gasteiger partial charge in [0.2, 0.25) is 0 Å². The van der Waals surface area contributed by atoms with Gasteiger partial charge in [-0.1, -0.05) is 12.1 Å². The number of hydrogen-bond acceptors (Lipinski definition) is 12. The van der Waals surface area contributed by atoms with E-state index in [4.69, 9.17) is 14.3 Å². The summed E-state index contributed by atoms with van der Waals surface area (Å²) >= 11 is 0. The van der Waals surface area contributed by atoms with Crippen molar-refractivity contribution in [2.75, 3.05) is 31.6 Å². The third-order valence-corrected chi connectivity index (χ3v) is 12.3. The lowest BCUT2D eigenvalue weighted by molar-refractivity contribution is -0.0980. The SMILES string of the molecule is C=O.CC(C)(C)OC(=O)N[C@@H](CN1C(=O)c2ccccc2C1=O)CS(=O)(=O)C(C)(C)C.CNC[C@@H](CS(=O)(=O)C(C)(C)C)NC(=O)OC(C)(C)C. The van der Waals surface area contributed by atoms with Crippen LogP contribution in [0.2, 0.25) is 0 Å². The maximum Gasteiger partial charge on any atom is 0.407 e. The third-order valence-electron chi connectivity index (χ3n) is 6.88. The summed E-state index contributed by atoms with van der Waals surface area (Å²) in [5, 5.41) is 7.99. The predicted octanol–water partition coefficient (Wildman–Crippen LogP) is 3.52. The largest absolute Gasteiger partial charge is 0.444 e. The molecule has 0 spiro atoms. The molecule has 0 radical (unpaired) electrons. The molecule has 1 heterocycles. The van der Waals surface area contributed by atoms with E-state index in [2.05, 4.69) is 16.0 Å². The Hall–Kier alpha value is -3.57. The average molecular weight is 763 g/mol. The fourth-order valence-corrected chi connectivity index (χ4v) is 6.59. The second kappa shape index (κ2) is 18.3. The van der Waals surface area contributed by atoms with Crippen LogP contribution >= 0.6 is 0 Å². The second-order valence-corrected chi connectivity index (χ2v) is 21.4. The molecule has 1 aromatic rings. The lowest BCUT2D eigenvalue weighted by atomic mass is 10.1. The van der Waals surface area contributed by atoms with Crippen LogP contribution in [-0.2, 0) is 33.9 Å². The average Bonchev–Trinajstić information content (AvgIpc) is 3.15. The molecule has 1 aliphatic heterocycles. The standard InChI is InChI=1S/C20H28N2O6S.C13H28N2O4S.CH2O/c1-19(2,3)28-18(25)21-13(12-29(26,27)20(4,5)6)11-22-16(23)14-9-7-8-10-15(14)17(22)24;1-12(2,3)19-11(16)15-10(8-14-7)9-20(17,18)13(4,5)6;1-2/h7-10,13H,11-12H2,1-6H3,(H,21,25);10,14H,8-9H2,1-7H3,(H,15,16);1H2/t13-;10-;/m00./s1. The number of nitrogens with one attached hydrogen (secondary N) is 3. The number of ether oxygens (including phenoxy) is 2. The molecule has 1 aliphatic rings. The van der Waals surface area contributed by atoms with Crippen LogP contribution in [0.25, 0.3) is 0 Å². The molecule has 0 fully saturated rings. The lowest BCUT2D eigenvalue weighted by Gasteiger charge is -2.28. The summed E-state index contributed by atoms with van der Waals surface area (Å²) in [7, 11) is -5.27. The highest BCUT2D eigenvalue weighted by molar-refractivity contribution is 7.93. The van der Waals surface area contributed by atoms with Gasteiger partial charge in [-0.25, -0.2) is 26.4 Å².